The quantitative estimate of drug-likeness (QED) is 0.562. The zero-order valence-corrected chi connectivity index (χ0v) is 10.8. The Kier molecular flexibility index (Phi) is 5.52. The highest BCUT2D eigenvalue weighted by Crippen LogP contribution is 2.08. The second-order valence-corrected chi connectivity index (χ2v) is 4.69. The van der Waals surface area contributed by atoms with Gasteiger partial charge in [-0.1, -0.05) is 0 Å². The minimum Gasteiger partial charge on any atom is -0.480 e. The summed E-state index contributed by atoms with van der Waals surface area (Å²) in [5.74, 6) is -1.22. The molecule has 1 aliphatic heterocycles. The summed E-state index contributed by atoms with van der Waals surface area (Å²) < 4.78 is 5.27. The van der Waals surface area contributed by atoms with Crippen LogP contribution in [-0.2, 0) is 14.3 Å². The lowest BCUT2D eigenvalue weighted by atomic mass is 10.1. The van der Waals surface area contributed by atoms with Gasteiger partial charge in [0.2, 0.25) is 5.91 Å². The molecule has 1 saturated heterocycles. The van der Waals surface area contributed by atoms with Gasteiger partial charge in [0.15, 0.2) is 0 Å². The summed E-state index contributed by atoms with van der Waals surface area (Å²) in [7, 11) is 0. The fraction of sp³-hybridized carbons (Fsp3) is 0.818. The summed E-state index contributed by atoms with van der Waals surface area (Å²) in [6.45, 7) is 5.15. The Labute approximate surface area is 106 Å². The number of nitrogens with zero attached hydrogens (tertiary/aromatic N) is 1. The van der Waals surface area contributed by atoms with Crippen LogP contribution in [-0.4, -0.2) is 66.3 Å². The highest BCUT2D eigenvalue weighted by molar-refractivity contribution is 5.82. The summed E-state index contributed by atoms with van der Waals surface area (Å²) >= 11 is 0. The highest BCUT2D eigenvalue weighted by atomic mass is 16.5. The number of hydrogen-bond donors (Lipinski definition) is 3. The van der Waals surface area contributed by atoms with E-state index >= 15 is 0 Å². The Balaban J connectivity index is 2.61. The van der Waals surface area contributed by atoms with Gasteiger partial charge in [0, 0.05) is 19.1 Å². The van der Waals surface area contributed by atoms with Crippen LogP contribution in [0.15, 0.2) is 0 Å². The first-order chi connectivity index (χ1) is 8.41. The second kappa shape index (κ2) is 6.67. The summed E-state index contributed by atoms with van der Waals surface area (Å²) in [4.78, 5) is 24.5. The van der Waals surface area contributed by atoms with Crippen molar-refractivity contribution in [1.82, 2.24) is 10.2 Å². The van der Waals surface area contributed by atoms with Crippen molar-refractivity contribution in [2.75, 3.05) is 26.3 Å². The van der Waals surface area contributed by atoms with Gasteiger partial charge in [-0.15, -0.1) is 0 Å². The number of carbonyl (C=O) groups is 2. The Morgan fingerprint density at radius 2 is 2.22 bits per heavy atom. The largest absolute Gasteiger partial charge is 0.480 e. The third kappa shape index (κ3) is 4.25. The zero-order valence-electron chi connectivity index (χ0n) is 10.8. The van der Waals surface area contributed by atoms with Crippen molar-refractivity contribution in [3.63, 3.8) is 0 Å². The van der Waals surface area contributed by atoms with Crippen molar-refractivity contribution in [3.8, 4) is 0 Å². The SMILES string of the molecule is CC(C)NC(=O)C1COCCN1CC(N)C(=O)O. The number of carboxylic acids is 1. The minimum atomic E-state index is -1.07. The molecule has 7 heteroatoms. The van der Waals surface area contributed by atoms with E-state index < -0.39 is 18.1 Å². The van der Waals surface area contributed by atoms with Crippen LogP contribution in [0.5, 0.6) is 0 Å². The van der Waals surface area contributed by atoms with Gasteiger partial charge in [-0.05, 0) is 13.8 Å². The molecule has 0 radical (unpaired) electrons. The van der Waals surface area contributed by atoms with E-state index in [0.29, 0.717) is 13.2 Å². The lowest BCUT2D eigenvalue weighted by Gasteiger charge is -2.35. The molecule has 1 rings (SSSR count). The molecule has 18 heavy (non-hydrogen) atoms. The predicted octanol–water partition coefficient (Wildman–Crippen LogP) is -1.38. The van der Waals surface area contributed by atoms with Gasteiger partial charge in [-0.3, -0.25) is 14.5 Å². The van der Waals surface area contributed by atoms with Gasteiger partial charge in [-0.2, -0.15) is 0 Å². The molecule has 0 aliphatic carbocycles. The average Bonchev–Trinajstić information content (AvgIpc) is 2.28. The Bertz CT molecular complexity index is 309. The molecule has 1 amide bonds. The van der Waals surface area contributed by atoms with E-state index in [0.717, 1.165) is 0 Å². The smallest absolute Gasteiger partial charge is 0.321 e. The number of amides is 1. The molecule has 104 valence electrons. The zero-order chi connectivity index (χ0) is 13.7. The van der Waals surface area contributed by atoms with Crippen molar-refractivity contribution in [3.05, 3.63) is 0 Å². The molecular formula is C11H21N3O4. The molecule has 0 bridgehead atoms. The van der Waals surface area contributed by atoms with Crippen molar-refractivity contribution >= 4 is 11.9 Å². The number of aliphatic carboxylic acids is 1. The van der Waals surface area contributed by atoms with Crippen molar-refractivity contribution in [2.24, 2.45) is 5.73 Å². The molecule has 7 nitrogen and oxygen atoms in total. The van der Waals surface area contributed by atoms with Gasteiger partial charge >= 0.3 is 5.97 Å². The topological polar surface area (TPSA) is 105 Å². The number of hydrogen-bond acceptors (Lipinski definition) is 5. The normalized spacial score (nSPS) is 22.8. The van der Waals surface area contributed by atoms with Crippen LogP contribution in [0.2, 0.25) is 0 Å². The maximum Gasteiger partial charge on any atom is 0.321 e. The van der Waals surface area contributed by atoms with Gasteiger partial charge in [0.25, 0.3) is 0 Å². The molecule has 2 atom stereocenters. The van der Waals surface area contributed by atoms with Crippen LogP contribution in [0, 0.1) is 0 Å². The van der Waals surface area contributed by atoms with Crippen LogP contribution in [0.4, 0.5) is 0 Å². The van der Waals surface area contributed by atoms with Crippen LogP contribution < -0.4 is 11.1 Å². The number of morpholine rings is 1. The molecule has 2 unspecified atom stereocenters. The minimum absolute atomic E-state index is 0.0365. The van der Waals surface area contributed by atoms with E-state index in [9.17, 15) is 9.59 Å². The monoisotopic (exact) mass is 259 g/mol. The molecular weight excluding hydrogens is 238 g/mol. The lowest BCUT2D eigenvalue weighted by Crippen LogP contribution is -2.58. The summed E-state index contributed by atoms with van der Waals surface area (Å²) in [6.07, 6.45) is 0. The Morgan fingerprint density at radius 1 is 1.56 bits per heavy atom. The molecule has 0 aromatic heterocycles. The van der Waals surface area contributed by atoms with Crippen molar-refractivity contribution in [2.45, 2.75) is 32.0 Å². The standard InChI is InChI=1S/C11H21N3O4/c1-7(2)13-10(15)9-6-18-4-3-14(9)5-8(12)11(16)17/h7-9H,3-6,12H2,1-2H3,(H,13,15)(H,16,17). The predicted molar refractivity (Wildman–Crippen MR) is 65.1 cm³/mol. The summed E-state index contributed by atoms with van der Waals surface area (Å²) in [5, 5.41) is 11.6. The molecule has 1 aliphatic rings. The van der Waals surface area contributed by atoms with Crippen LogP contribution >= 0.6 is 0 Å². The van der Waals surface area contributed by atoms with E-state index in [1.807, 2.05) is 13.8 Å². The van der Waals surface area contributed by atoms with Crippen LogP contribution in [0.25, 0.3) is 0 Å². The number of nitrogens with one attached hydrogen (secondary N) is 1. The lowest BCUT2D eigenvalue weighted by molar-refractivity contribution is -0.142. The fourth-order valence-corrected chi connectivity index (χ4v) is 1.81. The molecule has 0 saturated carbocycles. The number of carboxylic acid groups (broad SMARTS) is 1. The molecule has 0 spiro atoms. The molecule has 1 fully saturated rings. The summed E-state index contributed by atoms with van der Waals surface area (Å²) in [5.41, 5.74) is 5.50. The molecule has 0 aromatic rings. The third-order valence-electron chi connectivity index (χ3n) is 2.72. The van der Waals surface area contributed by atoms with E-state index in [-0.39, 0.29) is 25.1 Å². The van der Waals surface area contributed by atoms with Crippen LogP contribution in [0.3, 0.4) is 0 Å². The van der Waals surface area contributed by atoms with E-state index in [4.69, 9.17) is 15.6 Å². The number of ether oxygens (including phenoxy) is 1. The molecule has 0 aromatic carbocycles. The van der Waals surface area contributed by atoms with E-state index in [2.05, 4.69) is 5.32 Å². The number of carbonyl (C=O) groups excluding carboxylic acids is 1. The first-order valence-electron chi connectivity index (χ1n) is 6.02. The number of nitrogens with two attached hydrogens (primary N) is 1. The van der Waals surface area contributed by atoms with E-state index in [1.54, 1.807) is 4.90 Å². The van der Waals surface area contributed by atoms with Gasteiger partial charge in [0.05, 0.1) is 13.2 Å². The fourth-order valence-electron chi connectivity index (χ4n) is 1.81. The highest BCUT2D eigenvalue weighted by Gasteiger charge is 2.31. The first kappa shape index (κ1) is 14.9. The second-order valence-electron chi connectivity index (χ2n) is 4.69. The van der Waals surface area contributed by atoms with E-state index in [1.165, 1.54) is 0 Å². The average molecular weight is 259 g/mol. The Morgan fingerprint density at radius 3 is 2.78 bits per heavy atom. The third-order valence-corrected chi connectivity index (χ3v) is 2.72. The maximum atomic E-state index is 11.9. The maximum absolute atomic E-state index is 11.9. The first-order valence-corrected chi connectivity index (χ1v) is 6.02. The Hall–Kier alpha value is -1.18. The van der Waals surface area contributed by atoms with Gasteiger partial charge in [-0.25, -0.2) is 0 Å². The van der Waals surface area contributed by atoms with Gasteiger partial charge < -0.3 is 20.9 Å². The molecule has 4 N–H and O–H groups in total. The summed E-state index contributed by atoms with van der Waals surface area (Å²) in [6, 6.07) is -1.42. The van der Waals surface area contributed by atoms with Gasteiger partial charge in [0.1, 0.15) is 12.1 Å². The van der Waals surface area contributed by atoms with Crippen LogP contribution in [0.1, 0.15) is 13.8 Å². The number of rotatable bonds is 5. The van der Waals surface area contributed by atoms with Crippen molar-refractivity contribution < 1.29 is 19.4 Å². The van der Waals surface area contributed by atoms with Crippen molar-refractivity contribution in [1.29, 1.82) is 0 Å². The molecule has 1 heterocycles.